The van der Waals surface area contributed by atoms with Crippen molar-refractivity contribution in [1.82, 2.24) is 5.32 Å². The average Bonchev–Trinajstić information content (AvgIpc) is 3.16. The van der Waals surface area contributed by atoms with Crippen LogP contribution < -0.4 is 10.2 Å². The Bertz CT molecular complexity index is 1010. The highest BCUT2D eigenvalue weighted by atomic mass is 32.1. The maximum atomic E-state index is 12.2. The first-order valence-corrected chi connectivity index (χ1v) is 9.44. The van der Waals surface area contributed by atoms with Crippen molar-refractivity contribution in [3.05, 3.63) is 82.9 Å². The van der Waals surface area contributed by atoms with Crippen LogP contribution >= 0.6 is 11.3 Å². The van der Waals surface area contributed by atoms with Crippen molar-refractivity contribution in [3.8, 4) is 10.4 Å². The second-order valence-electron chi connectivity index (χ2n) is 6.33. The molecule has 142 valence electrons. The van der Waals surface area contributed by atoms with Gasteiger partial charge in [0, 0.05) is 35.1 Å². The van der Waals surface area contributed by atoms with Crippen LogP contribution in [0.4, 0.5) is 5.69 Å². The molecule has 0 saturated heterocycles. The van der Waals surface area contributed by atoms with E-state index in [1.54, 1.807) is 30.3 Å². The molecule has 0 aliphatic heterocycles. The Labute approximate surface area is 167 Å². The highest BCUT2D eigenvalue weighted by molar-refractivity contribution is 7.16. The van der Waals surface area contributed by atoms with Crippen molar-refractivity contribution < 1.29 is 14.7 Å². The Balaban J connectivity index is 1.80. The third kappa shape index (κ3) is 4.66. The molecule has 3 rings (SSSR count). The van der Waals surface area contributed by atoms with Crippen molar-refractivity contribution in [1.29, 1.82) is 0 Å². The fourth-order valence-corrected chi connectivity index (χ4v) is 3.54. The van der Waals surface area contributed by atoms with Crippen molar-refractivity contribution in [2.75, 3.05) is 19.0 Å². The molecular weight excluding hydrogens is 372 g/mol. The third-order valence-corrected chi connectivity index (χ3v) is 5.18. The van der Waals surface area contributed by atoms with Gasteiger partial charge in [-0.15, -0.1) is 11.3 Å². The molecule has 0 spiro atoms. The SMILES string of the molecule is CN(C)c1ccc(-c2ccc(C=C(NC(=O)c3ccccc3)C(=O)O)s2)cc1. The largest absolute Gasteiger partial charge is 0.477 e. The van der Waals surface area contributed by atoms with E-state index in [9.17, 15) is 14.7 Å². The van der Waals surface area contributed by atoms with Gasteiger partial charge in [0.05, 0.1) is 0 Å². The summed E-state index contributed by atoms with van der Waals surface area (Å²) < 4.78 is 0. The van der Waals surface area contributed by atoms with Crippen molar-refractivity contribution in [2.24, 2.45) is 0 Å². The molecule has 0 unspecified atom stereocenters. The van der Waals surface area contributed by atoms with Gasteiger partial charge in [-0.05, 0) is 48.0 Å². The second kappa shape index (κ2) is 8.54. The molecule has 1 amide bonds. The number of carbonyl (C=O) groups excluding carboxylic acids is 1. The number of hydrogen-bond donors (Lipinski definition) is 2. The molecule has 1 heterocycles. The lowest BCUT2D eigenvalue weighted by molar-refractivity contribution is -0.132. The van der Waals surface area contributed by atoms with Gasteiger partial charge in [-0.3, -0.25) is 4.79 Å². The molecule has 1 aromatic heterocycles. The summed E-state index contributed by atoms with van der Waals surface area (Å²) in [6.45, 7) is 0. The van der Waals surface area contributed by atoms with Gasteiger partial charge in [0.2, 0.25) is 0 Å². The van der Waals surface area contributed by atoms with Crippen molar-refractivity contribution in [3.63, 3.8) is 0 Å². The van der Waals surface area contributed by atoms with Gasteiger partial charge in [0.1, 0.15) is 5.70 Å². The van der Waals surface area contributed by atoms with Crippen LogP contribution in [-0.4, -0.2) is 31.1 Å². The van der Waals surface area contributed by atoms with Crippen LogP contribution in [0.15, 0.2) is 72.4 Å². The zero-order valence-electron chi connectivity index (χ0n) is 15.5. The first-order chi connectivity index (χ1) is 13.4. The van der Waals surface area contributed by atoms with E-state index in [0.717, 1.165) is 21.0 Å². The maximum Gasteiger partial charge on any atom is 0.352 e. The van der Waals surface area contributed by atoms with Gasteiger partial charge in [-0.2, -0.15) is 0 Å². The summed E-state index contributed by atoms with van der Waals surface area (Å²) in [5, 5.41) is 11.9. The summed E-state index contributed by atoms with van der Waals surface area (Å²) >= 11 is 1.46. The minimum Gasteiger partial charge on any atom is -0.477 e. The van der Waals surface area contributed by atoms with Gasteiger partial charge < -0.3 is 15.3 Å². The van der Waals surface area contributed by atoms with E-state index in [1.807, 2.05) is 55.4 Å². The smallest absolute Gasteiger partial charge is 0.352 e. The summed E-state index contributed by atoms with van der Waals surface area (Å²) in [5.41, 5.74) is 2.41. The van der Waals surface area contributed by atoms with Gasteiger partial charge in [-0.1, -0.05) is 30.3 Å². The summed E-state index contributed by atoms with van der Waals surface area (Å²) in [6.07, 6.45) is 1.48. The predicted molar refractivity (Wildman–Crippen MR) is 114 cm³/mol. The molecule has 0 radical (unpaired) electrons. The van der Waals surface area contributed by atoms with E-state index in [4.69, 9.17) is 0 Å². The second-order valence-corrected chi connectivity index (χ2v) is 7.44. The molecule has 0 fully saturated rings. The van der Waals surface area contributed by atoms with E-state index in [0.29, 0.717) is 5.56 Å². The van der Waals surface area contributed by atoms with Crippen LogP contribution in [0.5, 0.6) is 0 Å². The lowest BCUT2D eigenvalue weighted by atomic mass is 10.1. The fraction of sp³-hybridized carbons (Fsp3) is 0.0909. The van der Waals surface area contributed by atoms with Gasteiger partial charge in [0.15, 0.2) is 0 Å². The molecule has 0 aliphatic carbocycles. The Morgan fingerprint density at radius 1 is 0.964 bits per heavy atom. The number of benzene rings is 2. The summed E-state index contributed by atoms with van der Waals surface area (Å²) in [4.78, 5) is 27.6. The van der Waals surface area contributed by atoms with E-state index in [-0.39, 0.29) is 5.70 Å². The topological polar surface area (TPSA) is 69.6 Å². The van der Waals surface area contributed by atoms with Crippen LogP contribution in [0.25, 0.3) is 16.5 Å². The quantitative estimate of drug-likeness (QED) is 0.613. The number of amides is 1. The Hall–Kier alpha value is -3.38. The zero-order chi connectivity index (χ0) is 20.1. The Kier molecular flexibility index (Phi) is 5.91. The summed E-state index contributed by atoms with van der Waals surface area (Å²) in [7, 11) is 3.97. The molecule has 3 aromatic rings. The van der Waals surface area contributed by atoms with E-state index in [1.165, 1.54) is 17.4 Å². The summed E-state index contributed by atoms with van der Waals surface area (Å²) in [5.74, 6) is -1.64. The molecule has 0 aliphatic rings. The number of nitrogens with zero attached hydrogens (tertiary/aromatic N) is 1. The lowest BCUT2D eigenvalue weighted by Gasteiger charge is -2.12. The number of rotatable bonds is 6. The molecular formula is C22H20N2O3S. The molecule has 5 nitrogen and oxygen atoms in total. The molecule has 0 saturated carbocycles. The standard InChI is InChI=1S/C22H20N2O3S/c1-24(2)17-10-8-15(9-11-17)20-13-12-18(28-20)14-19(22(26)27)23-21(25)16-6-4-3-5-7-16/h3-14H,1-2H3,(H,23,25)(H,26,27). The van der Waals surface area contributed by atoms with E-state index < -0.39 is 11.9 Å². The highest BCUT2D eigenvalue weighted by Crippen LogP contribution is 2.30. The molecule has 28 heavy (non-hydrogen) atoms. The van der Waals surface area contributed by atoms with Gasteiger partial charge in [-0.25, -0.2) is 4.79 Å². The van der Waals surface area contributed by atoms with E-state index >= 15 is 0 Å². The Morgan fingerprint density at radius 3 is 2.25 bits per heavy atom. The van der Waals surface area contributed by atoms with Crippen LogP contribution in [-0.2, 0) is 4.79 Å². The number of hydrogen-bond acceptors (Lipinski definition) is 4. The molecule has 2 N–H and O–H groups in total. The van der Waals surface area contributed by atoms with E-state index in [2.05, 4.69) is 5.32 Å². The lowest BCUT2D eigenvalue weighted by Crippen LogP contribution is -2.27. The van der Waals surface area contributed by atoms with Crippen LogP contribution in [0, 0.1) is 0 Å². The Morgan fingerprint density at radius 2 is 1.64 bits per heavy atom. The molecule has 6 heteroatoms. The number of carboxylic acid groups (broad SMARTS) is 1. The number of anilines is 1. The average molecular weight is 392 g/mol. The number of nitrogens with one attached hydrogen (secondary N) is 1. The zero-order valence-corrected chi connectivity index (χ0v) is 16.4. The number of aliphatic carboxylic acids is 1. The number of carboxylic acids is 1. The van der Waals surface area contributed by atoms with Crippen molar-refractivity contribution in [2.45, 2.75) is 0 Å². The van der Waals surface area contributed by atoms with Crippen LogP contribution in [0.1, 0.15) is 15.2 Å². The third-order valence-electron chi connectivity index (χ3n) is 4.10. The monoisotopic (exact) mass is 392 g/mol. The van der Waals surface area contributed by atoms with Gasteiger partial charge >= 0.3 is 5.97 Å². The minimum absolute atomic E-state index is 0.162. The molecule has 0 atom stereocenters. The molecule has 2 aromatic carbocycles. The normalized spacial score (nSPS) is 11.1. The van der Waals surface area contributed by atoms with Gasteiger partial charge in [0.25, 0.3) is 5.91 Å². The fourth-order valence-electron chi connectivity index (χ4n) is 2.59. The van der Waals surface area contributed by atoms with Crippen molar-refractivity contribution >= 4 is 35.0 Å². The first-order valence-electron chi connectivity index (χ1n) is 8.63. The van der Waals surface area contributed by atoms with Crippen LogP contribution in [0.3, 0.4) is 0 Å². The molecule has 0 bridgehead atoms. The maximum absolute atomic E-state index is 12.2. The number of thiophene rings is 1. The first kappa shape index (κ1) is 19.4. The highest BCUT2D eigenvalue weighted by Gasteiger charge is 2.14. The summed E-state index contributed by atoms with van der Waals surface area (Å²) in [6, 6.07) is 20.4. The number of carbonyl (C=O) groups is 2. The van der Waals surface area contributed by atoms with Crippen LogP contribution in [0.2, 0.25) is 0 Å². The minimum atomic E-state index is -1.19. The predicted octanol–water partition coefficient (Wildman–Crippen LogP) is 4.34.